The number of nitro groups is 1. The molecule has 2 aromatic carbocycles. The van der Waals surface area contributed by atoms with Gasteiger partial charge in [0, 0.05) is 36.6 Å². The Hall–Kier alpha value is -8.10. The van der Waals surface area contributed by atoms with Gasteiger partial charge in [-0.1, -0.05) is 58.7 Å². The minimum absolute atomic E-state index is 0. The number of H-pyrrole nitrogens is 1. The van der Waals surface area contributed by atoms with E-state index in [-0.39, 0.29) is 84.8 Å². The van der Waals surface area contributed by atoms with Crippen molar-refractivity contribution in [2.75, 3.05) is 59.1 Å². The van der Waals surface area contributed by atoms with E-state index in [1.165, 1.54) is 11.0 Å². The zero-order valence-corrected chi connectivity index (χ0v) is 38.3. The van der Waals surface area contributed by atoms with E-state index in [0.717, 1.165) is 10.5 Å². The van der Waals surface area contributed by atoms with E-state index in [2.05, 4.69) is 15.0 Å². The van der Waals surface area contributed by atoms with Crippen LogP contribution in [0.3, 0.4) is 0 Å². The molecule has 7 rings (SSSR count). The maximum Gasteiger partial charge on any atom is 0.415 e. The number of hydrogen-bond donors (Lipinski definition) is 3. The second-order valence-electron chi connectivity index (χ2n) is 17.1. The number of hydrogen-bond acceptors (Lipinski definition) is 15. The Bertz CT molecular complexity index is 2770. The first-order valence-corrected chi connectivity index (χ1v) is 21.2. The Morgan fingerprint density at radius 2 is 1.23 bits per heavy atom. The van der Waals surface area contributed by atoms with Crippen LogP contribution in [0.5, 0.6) is 11.8 Å². The van der Waals surface area contributed by atoms with Crippen LogP contribution in [-0.4, -0.2) is 86.8 Å². The molecule has 378 valence electrons. The van der Waals surface area contributed by atoms with Crippen LogP contribution in [0.1, 0.15) is 81.9 Å². The molecule has 3 amide bonds. The molecule has 5 heterocycles. The lowest BCUT2D eigenvalue weighted by molar-refractivity contribution is -0.383. The molecule has 0 aliphatic carbocycles. The van der Waals surface area contributed by atoms with Gasteiger partial charge < -0.3 is 40.1 Å². The maximum absolute atomic E-state index is 13.0. The summed E-state index contributed by atoms with van der Waals surface area (Å²) in [5.41, 5.74) is 13.2. The molecule has 0 radical (unpaired) electrons. The fourth-order valence-electron chi connectivity index (χ4n) is 6.80. The van der Waals surface area contributed by atoms with Gasteiger partial charge in [0.15, 0.2) is 5.82 Å². The number of nitrogen functional groups attached to an aromatic ring is 2. The van der Waals surface area contributed by atoms with Crippen LogP contribution in [0, 0.1) is 10.1 Å². The second kappa shape index (κ2) is 23.8. The molecule has 70 heavy (non-hydrogen) atoms. The van der Waals surface area contributed by atoms with Crippen molar-refractivity contribution in [3.05, 3.63) is 117 Å². The number of ether oxygens (including phenoxy) is 5. The number of benzene rings is 2. The summed E-state index contributed by atoms with van der Waals surface area (Å²) in [6, 6.07) is 17.3. The summed E-state index contributed by atoms with van der Waals surface area (Å²) in [5, 5.41) is 11.8. The van der Waals surface area contributed by atoms with Crippen LogP contribution >= 0.6 is 0 Å². The fraction of sp³-hybridized carbons (Fsp3) is 0.388. The third-order valence-electron chi connectivity index (χ3n) is 9.63. The SMILES string of the molecule is C.C.C.CC(C)(C)OC(=O)N1C/C=C/COc2cc3c([nH]c(=O)n3Cc3cccc1c3)c(N)n2.CCOC(=O)N1Cc2cccc(c2)N(C(=O)OC(C)(C)C)C/C=C/COc2cc1c([N+](=O)[O-])c(N)n2. The minimum Gasteiger partial charge on any atom is -0.473 e. The van der Waals surface area contributed by atoms with Gasteiger partial charge in [-0.3, -0.25) is 29.4 Å². The Morgan fingerprint density at radius 1 is 0.729 bits per heavy atom. The number of nitrogens with zero attached hydrogens (tertiary/aromatic N) is 7. The molecule has 0 fully saturated rings. The van der Waals surface area contributed by atoms with Gasteiger partial charge in [-0.15, -0.1) is 0 Å². The number of aromatic nitrogens is 4. The van der Waals surface area contributed by atoms with E-state index in [9.17, 15) is 29.3 Å². The van der Waals surface area contributed by atoms with Crippen LogP contribution in [0.4, 0.5) is 48.8 Å². The van der Waals surface area contributed by atoms with Crippen LogP contribution in [0.15, 0.2) is 89.8 Å². The van der Waals surface area contributed by atoms with Gasteiger partial charge in [0.1, 0.15) is 35.6 Å². The Kier molecular flexibility index (Phi) is 19.1. The lowest BCUT2D eigenvalue weighted by Crippen LogP contribution is -2.37. The summed E-state index contributed by atoms with van der Waals surface area (Å²) in [7, 11) is 0. The summed E-state index contributed by atoms with van der Waals surface area (Å²) in [4.78, 5) is 77.5. The fourth-order valence-corrected chi connectivity index (χ4v) is 6.80. The van der Waals surface area contributed by atoms with E-state index in [1.54, 1.807) is 85.7 Å². The minimum atomic E-state index is -0.821. The second-order valence-corrected chi connectivity index (χ2v) is 17.1. The van der Waals surface area contributed by atoms with Crippen molar-refractivity contribution in [2.45, 2.75) is 95.0 Å². The standard InChI is InChI=1S/C24H29N5O7.C22H25N5O4.3CH4/c1-5-34-22(30)28-15-16-9-8-10-17(13-16)27(23(31)36-24(2,3)4)11-6-7-12-35-19-14-18(28)20(29(32)33)21(25)26-19;1-22(2,3)31-21(29)26-9-4-5-10-30-17-12-16-18(19(23)24-17)25-20(28)27(16)13-14-7-6-8-15(26)11-14;;;/h6-10,13-14H,5,11-12,15H2,1-4H3,(H2,25,26);4-8,11-12H,9-10,13H2,1-3H3,(H2,23,24)(H,25,28);3*1H4/b7-6+;5-4+;;;. The van der Waals surface area contributed by atoms with Crippen molar-refractivity contribution in [1.82, 2.24) is 19.5 Å². The lowest BCUT2D eigenvalue weighted by atomic mass is 10.1. The third kappa shape index (κ3) is 14.2. The highest BCUT2D eigenvalue weighted by molar-refractivity contribution is 5.93. The predicted molar refractivity (Wildman–Crippen MR) is 272 cm³/mol. The largest absolute Gasteiger partial charge is 0.473 e. The first-order valence-electron chi connectivity index (χ1n) is 21.2. The van der Waals surface area contributed by atoms with Crippen molar-refractivity contribution in [2.24, 2.45) is 0 Å². The van der Waals surface area contributed by atoms with E-state index >= 15 is 0 Å². The zero-order chi connectivity index (χ0) is 48.6. The number of anilines is 5. The van der Waals surface area contributed by atoms with E-state index < -0.39 is 45.9 Å². The summed E-state index contributed by atoms with van der Waals surface area (Å²) >= 11 is 0. The Balaban J connectivity index is 0.000000358. The molecule has 8 bridgehead atoms. The summed E-state index contributed by atoms with van der Waals surface area (Å²) in [6.45, 7) is 13.4. The summed E-state index contributed by atoms with van der Waals surface area (Å²) in [5.74, 6) is 0.103. The molecule has 5 N–H and O–H groups in total. The van der Waals surface area contributed by atoms with Gasteiger partial charge in [-0.25, -0.2) is 19.2 Å². The van der Waals surface area contributed by atoms with Gasteiger partial charge in [-0.05, 0) is 96.0 Å². The van der Waals surface area contributed by atoms with Crippen LogP contribution in [0.25, 0.3) is 11.0 Å². The molecule has 0 saturated carbocycles. The first-order chi connectivity index (χ1) is 31.7. The number of imidazole rings is 1. The van der Waals surface area contributed by atoms with Crippen LogP contribution in [0.2, 0.25) is 0 Å². The van der Waals surface area contributed by atoms with Crippen LogP contribution < -0.4 is 41.3 Å². The number of nitrogens with one attached hydrogen (secondary N) is 1. The topological polar surface area (TPSA) is 266 Å². The quantitative estimate of drug-likeness (QED) is 0.0643. The molecule has 0 unspecified atom stereocenters. The van der Waals surface area contributed by atoms with E-state index in [0.29, 0.717) is 40.4 Å². The summed E-state index contributed by atoms with van der Waals surface area (Å²) in [6.07, 6.45) is 5.17. The number of nitrogens with two attached hydrogens (primary N) is 2. The van der Waals surface area contributed by atoms with Gasteiger partial charge in [0.2, 0.25) is 17.6 Å². The van der Waals surface area contributed by atoms with Gasteiger partial charge in [0.05, 0.1) is 30.1 Å². The molecule has 0 spiro atoms. The van der Waals surface area contributed by atoms with Crippen molar-refractivity contribution in [3.8, 4) is 11.8 Å². The molecular weight excluding hydrogens is 905 g/mol. The van der Waals surface area contributed by atoms with Crippen molar-refractivity contribution in [1.29, 1.82) is 0 Å². The number of rotatable bonds is 2. The third-order valence-corrected chi connectivity index (χ3v) is 9.63. The Labute approximate surface area is 407 Å². The lowest BCUT2D eigenvalue weighted by Gasteiger charge is -2.28. The van der Waals surface area contributed by atoms with E-state index in [4.69, 9.17) is 35.2 Å². The molecule has 21 heteroatoms. The number of pyridine rings is 2. The highest BCUT2D eigenvalue weighted by Crippen LogP contribution is 2.37. The highest BCUT2D eigenvalue weighted by atomic mass is 16.6. The molecule has 0 saturated heterocycles. The van der Waals surface area contributed by atoms with Crippen molar-refractivity contribution in [3.63, 3.8) is 0 Å². The normalized spacial score (nSPS) is 14.4. The molecule has 2 aliphatic heterocycles. The molecule has 21 nitrogen and oxygen atoms in total. The van der Waals surface area contributed by atoms with Crippen molar-refractivity contribution >= 4 is 63.7 Å². The number of aromatic amines is 1. The number of fused-ring (bicyclic) bond motifs is 7. The number of amides is 3. The number of carbonyl (C=O) groups excluding carboxylic acids is 3. The van der Waals surface area contributed by atoms with Crippen molar-refractivity contribution < 1.29 is 43.0 Å². The van der Waals surface area contributed by atoms with Gasteiger partial charge in [0.25, 0.3) is 0 Å². The monoisotopic (exact) mass is 970 g/mol. The highest BCUT2D eigenvalue weighted by Gasteiger charge is 2.32. The maximum atomic E-state index is 13.0. The molecule has 2 aliphatic rings. The van der Waals surface area contributed by atoms with Crippen LogP contribution in [-0.2, 0) is 27.3 Å². The van der Waals surface area contributed by atoms with Gasteiger partial charge >= 0.3 is 29.7 Å². The van der Waals surface area contributed by atoms with E-state index in [1.807, 2.05) is 51.1 Å². The summed E-state index contributed by atoms with van der Waals surface area (Å²) < 4.78 is 29.2. The smallest absolute Gasteiger partial charge is 0.415 e. The zero-order valence-electron chi connectivity index (χ0n) is 38.3. The predicted octanol–water partition coefficient (Wildman–Crippen LogP) is 9.38. The number of carbonyl (C=O) groups is 3. The average Bonchev–Trinajstić information content (AvgIpc) is 3.55. The Morgan fingerprint density at radius 3 is 1.73 bits per heavy atom. The molecule has 0 atom stereocenters. The molecular formula is C49H66N10O11. The van der Waals surface area contributed by atoms with Gasteiger partial charge in [-0.2, -0.15) is 9.97 Å². The molecule has 5 aromatic rings. The average molecular weight is 971 g/mol. The first kappa shape index (κ1) is 56.2. The molecule has 3 aromatic heterocycles.